The van der Waals surface area contributed by atoms with Crippen LogP contribution in [0.4, 0.5) is 11.6 Å². The van der Waals surface area contributed by atoms with E-state index >= 15 is 0 Å². The van der Waals surface area contributed by atoms with E-state index in [1.807, 2.05) is 62.4 Å². The largest absolute Gasteiger partial charge is 0.333 e. The first kappa shape index (κ1) is 16.6. The monoisotopic (exact) mass is 336 g/mol. The molecule has 1 aromatic heterocycles. The molecule has 128 valence electrons. The lowest BCUT2D eigenvalue weighted by molar-refractivity contribution is -0.114. The second-order valence-electron chi connectivity index (χ2n) is 5.88. The van der Waals surface area contributed by atoms with Gasteiger partial charge in [0.15, 0.2) is 0 Å². The number of hydrogen-bond donors (Lipinski definition) is 1. The molecule has 1 N–H and O–H groups in total. The van der Waals surface area contributed by atoms with Crippen LogP contribution in [0, 0.1) is 13.8 Å². The highest BCUT2D eigenvalue weighted by Crippen LogP contribution is 2.18. The highest BCUT2D eigenvalue weighted by atomic mass is 16.2. The number of rotatable bonds is 5. The van der Waals surface area contributed by atoms with Crippen LogP contribution in [0.3, 0.4) is 0 Å². The normalized spacial score (nSPS) is 10.5. The van der Waals surface area contributed by atoms with Gasteiger partial charge in [-0.1, -0.05) is 35.4 Å². The summed E-state index contributed by atoms with van der Waals surface area (Å²) >= 11 is 0. The van der Waals surface area contributed by atoms with Gasteiger partial charge >= 0.3 is 0 Å². The Morgan fingerprint density at radius 2 is 1.88 bits per heavy atom. The minimum Gasteiger partial charge on any atom is -0.333 e. The molecule has 0 atom stereocenters. The molecule has 0 aliphatic carbocycles. The van der Waals surface area contributed by atoms with Crippen molar-refractivity contribution in [2.45, 2.75) is 13.8 Å². The summed E-state index contributed by atoms with van der Waals surface area (Å²) in [6, 6.07) is 15.4. The zero-order valence-electron chi connectivity index (χ0n) is 14.5. The SMILES string of the molecule is Cc1cccc(NC(=O)CN(C)c2nnnn2-c2ccccc2)c1C. The number of para-hydroxylation sites is 1. The van der Waals surface area contributed by atoms with Gasteiger partial charge in [-0.2, -0.15) is 4.68 Å². The minimum atomic E-state index is -0.126. The zero-order valence-corrected chi connectivity index (χ0v) is 14.5. The van der Waals surface area contributed by atoms with Crippen molar-refractivity contribution in [1.29, 1.82) is 0 Å². The lowest BCUT2D eigenvalue weighted by atomic mass is 10.1. The van der Waals surface area contributed by atoms with Crippen LogP contribution >= 0.6 is 0 Å². The van der Waals surface area contributed by atoms with Crippen LogP contribution < -0.4 is 10.2 Å². The molecular formula is C18H20N6O. The Hall–Kier alpha value is -3.22. The molecule has 0 spiro atoms. The molecule has 7 nitrogen and oxygen atoms in total. The summed E-state index contributed by atoms with van der Waals surface area (Å²) in [6.45, 7) is 4.15. The summed E-state index contributed by atoms with van der Waals surface area (Å²) in [7, 11) is 1.79. The molecule has 0 bridgehead atoms. The van der Waals surface area contributed by atoms with Gasteiger partial charge in [-0.15, -0.1) is 0 Å². The molecule has 1 heterocycles. The molecule has 7 heteroatoms. The molecular weight excluding hydrogens is 316 g/mol. The van der Waals surface area contributed by atoms with E-state index in [1.165, 1.54) is 0 Å². The van der Waals surface area contributed by atoms with Gasteiger partial charge in [0.1, 0.15) is 0 Å². The fourth-order valence-corrected chi connectivity index (χ4v) is 2.52. The molecule has 0 radical (unpaired) electrons. The van der Waals surface area contributed by atoms with Crippen LogP contribution in [0.1, 0.15) is 11.1 Å². The van der Waals surface area contributed by atoms with Crippen molar-refractivity contribution in [2.75, 3.05) is 23.8 Å². The van der Waals surface area contributed by atoms with Gasteiger partial charge in [0.25, 0.3) is 5.95 Å². The molecule has 0 saturated carbocycles. The van der Waals surface area contributed by atoms with E-state index in [9.17, 15) is 4.79 Å². The number of carbonyl (C=O) groups excluding carboxylic acids is 1. The van der Waals surface area contributed by atoms with E-state index < -0.39 is 0 Å². The highest BCUT2D eigenvalue weighted by Gasteiger charge is 2.16. The second kappa shape index (κ2) is 7.12. The number of likely N-dealkylation sites (N-methyl/N-ethyl adjacent to an activating group) is 1. The Morgan fingerprint density at radius 1 is 1.12 bits per heavy atom. The van der Waals surface area contributed by atoms with Crippen molar-refractivity contribution >= 4 is 17.5 Å². The van der Waals surface area contributed by atoms with Gasteiger partial charge in [0, 0.05) is 12.7 Å². The van der Waals surface area contributed by atoms with Gasteiger partial charge < -0.3 is 10.2 Å². The van der Waals surface area contributed by atoms with Crippen molar-refractivity contribution in [1.82, 2.24) is 20.2 Å². The third kappa shape index (κ3) is 3.65. The Morgan fingerprint density at radius 3 is 2.64 bits per heavy atom. The number of hydrogen-bond acceptors (Lipinski definition) is 5. The summed E-state index contributed by atoms with van der Waals surface area (Å²) in [4.78, 5) is 14.1. The van der Waals surface area contributed by atoms with E-state index in [4.69, 9.17) is 0 Å². The first-order valence-electron chi connectivity index (χ1n) is 7.97. The third-order valence-electron chi connectivity index (χ3n) is 4.05. The molecule has 3 rings (SSSR count). The van der Waals surface area contributed by atoms with Gasteiger partial charge in [-0.05, 0) is 53.6 Å². The number of benzene rings is 2. The van der Waals surface area contributed by atoms with Crippen molar-refractivity contribution < 1.29 is 4.79 Å². The smallest absolute Gasteiger partial charge is 0.250 e. The van der Waals surface area contributed by atoms with E-state index in [1.54, 1.807) is 16.6 Å². The second-order valence-corrected chi connectivity index (χ2v) is 5.88. The zero-order chi connectivity index (χ0) is 17.8. The molecule has 1 amide bonds. The van der Waals surface area contributed by atoms with Crippen LogP contribution in [-0.2, 0) is 4.79 Å². The first-order valence-corrected chi connectivity index (χ1v) is 7.97. The minimum absolute atomic E-state index is 0.126. The Balaban J connectivity index is 1.73. The number of carbonyl (C=O) groups is 1. The van der Waals surface area contributed by atoms with Crippen LogP contribution in [0.2, 0.25) is 0 Å². The Labute approximate surface area is 146 Å². The molecule has 0 unspecified atom stereocenters. The molecule has 0 fully saturated rings. The first-order chi connectivity index (χ1) is 12.1. The van der Waals surface area contributed by atoms with Crippen molar-refractivity contribution in [3.05, 3.63) is 59.7 Å². The topological polar surface area (TPSA) is 75.9 Å². The standard InChI is InChI=1S/C18H20N6O/c1-13-8-7-11-16(14(13)2)19-17(25)12-23(3)18-20-21-22-24(18)15-9-5-4-6-10-15/h4-11H,12H2,1-3H3,(H,19,25). The van der Waals surface area contributed by atoms with E-state index in [2.05, 4.69) is 20.8 Å². The average molecular weight is 336 g/mol. The number of aryl methyl sites for hydroxylation is 1. The number of aromatic nitrogens is 4. The van der Waals surface area contributed by atoms with Crippen molar-refractivity contribution in [3.63, 3.8) is 0 Å². The molecule has 0 aliphatic heterocycles. The summed E-state index contributed by atoms with van der Waals surface area (Å²) in [5.74, 6) is 0.376. The fraction of sp³-hybridized carbons (Fsp3) is 0.222. The van der Waals surface area contributed by atoms with Crippen LogP contribution in [0.25, 0.3) is 5.69 Å². The highest BCUT2D eigenvalue weighted by molar-refractivity contribution is 5.94. The molecule has 25 heavy (non-hydrogen) atoms. The average Bonchev–Trinajstić information content (AvgIpc) is 3.09. The summed E-state index contributed by atoms with van der Waals surface area (Å²) in [5, 5.41) is 14.7. The fourth-order valence-electron chi connectivity index (χ4n) is 2.52. The van der Waals surface area contributed by atoms with E-state index in [0.717, 1.165) is 22.5 Å². The van der Waals surface area contributed by atoms with Gasteiger partial charge in [0.05, 0.1) is 12.2 Å². The van der Waals surface area contributed by atoms with Gasteiger partial charge in [-0.3, -0.25) is 4.79 Å². The number of tetrazole rings is 1. The van der Waals surface area contributed by atoms with E-state index in [0.29, 0.717) is 5.95 Å². The molecule has 2 aromatic carbocycles. The maximum absolute atomic E-state index is 12.4. The quantitative estimate of drug-likeness (QED) is 0.774. The summed E-state index contributed by atoms with van der Waals surface area (Å²) < 4.78 is 1.60. The van der Waals surface area contributed by atoms with Crippen LogP contribution in [-0.4, -0.2) is 39.7 Å². The summed E-state index contributed by atoms with van der Waals surface area (Å²) in [6.07, 6.45) is 0. The van der Waals surface area contributed by atoms with Gasteiger partial charge in [-0.25, -0.2) is 0 Å². The predicted molar refractivity (Wildman–Crippen MR) is 97.0 cm³/mol. The van der Waals surface area contributed by atoms with E-state index in [-0.39, 0.29) is 12.5 Å². The Bertz CT molecular complexity index is 874. The molecule has 0 saturated heterocycles. The maximum atomic E-state index is 12.4. The van der Waals surface area contributed by atoms with Crippen LogP contribution in [0.15, 0.2) is 48.5 Å². The van der Waals surface area contributed by atoms with Gasteiger partial charge in [0.2, 0.25) is 5.91 Å². The third-order valence-corrected chi connectivity index (χ3v) is 4.05. The number of nitrogens with one attached hydrogen (secondary N) is 1. The summed E-state index contributed by atoms with van der Waals surface area (Å²) in [5.41, 5.74) is 3.86. The van der Waals surface area contributed by atoms with Crippen LogP contribution in [0.5, 0.6) is 0 Å². The number of nitrogens with zero attached hydrogens (tertiary/aromatic N) is 5. The molecule has 3 aromatic rings. The van der Waals surface area contributed by atoms with Crippen molar-refractivity contribution in [2.24, 2.45) is 0 Å². The molecule has 0 aliphatic rings. The lowest BCUT2D eigenvalue weighted by Crippen LogP contribution is -2.32. The maximum Gasteiger partial charge on any atom is 0.250 e. The lowest BCUT2D eigenvalue weighted by Gasteiger charge is -2.18. The predicted octanol–water partition coefficient (Wildman–Crippen LogP) is 2.35. The van der Waals surface area contributed by atoms with Crippen molar-refractivity contribution in [3.8, 4) is 5.69 Å². The number of amides is 1. The number of anilines is 2. The Kier molecular flexibility index (Phi) is 4.74.